The molecule has 0 spiro atoms. The van der Waals surface area contributed by atoms with Crippen LogP contribution in [-0.4, -0.2) is 19.3 Å². The van der Waals surface area contributed by atoms with Crippen LogP contribution in [0.1, 0.15) is 13.8 Å². The van der Waals surface area contributed by atoms with Crippen molar-refractivity contribution in [3.8, 4) is 0 Å². The monoisotopic (exact) mass is 159 g/mol. The van der Waals surface area contributed by atoms with Crippen LogP contribution < -0.4 is 5.90 Å². The van der Waals surface area contributed by atoms with Crippen LogP contribution in [0, 0.1) is 5.92 Å². The Hall–Kier alpha value is -0.380. The summed E-state index contributed by atoms with van der Waals surface area (Å²) >= 11 is 0. The molecule has 11 heavy (non-hydrogen) atoms. The van der Waals surface area contributed by atoms with E-state index in [2.05, 4.69) is 6.58 Å². The first kappa shape index (κ1) is 10.6. The third-order valence-corrected chi connectivity index (χ3v) is 1.44. The van der Waals surface area contributed by atoms with Crippen LogP contribution in [0.2, 0.25) is 0 Å². The average Bonchev–Trinajstić information content (AvgIpc) is 1.97. The Morgan fingerprint density at radius 3 is 2.55 bits per heavy atom. The normalized spacial score (nSPS) is 13.5. The number of nitrogens with two attached hydrogens (primary N) is 1. The minimum Gasteiger partial charge on any atom is -0.375 e. The van der Waals surface area contributed by atoms with Gasteiger partial charge in [-0.3, -0.25) is 4.84 Å². The second-order valence-electron chi connectivity index (χ2n) is 2.74. The highest BCUT2D eigenvalue weighted by atomic mass is 16.6. The topological polar surface area (TPSA) is 44.5 Å². The first-order valence-corrected chi connectivity index (χ1v) is 3.76. The predicted octanol–water partition coefficient (Wildman–Crippen LogP) is 1.10. The molecule has 66 valence electrons. The van der Waals surface area contributed by atoms with Gasteiger partial charge >= 0.3 is 0 Å². The van der Waals surface area contributed by atoms with E-state index in [-0.39, 0.29) is 6.10 Å². The highest BCUT2D eigenvalue weighted by Gasteiger charge is 2.12. The second kappa shape index (κ2) is 6.34. The lowest BCUT2D eigenvalue weighted by Gasteiger charge is -2.17. The summed E-state index contributed by atoms with van der Waals surface area (Å²) in [6.07, 6.45) is 1.68. The van der Waals surface area contributed by atoms with E-state index in [1.165, 1.54) is 0 Å². The fourth-order valence-electron chi connectivity index (χ4n) is 0.656. The van der Waals surface area contributed by atoms with Crippen molar-refractivity contribution >= 4 is 0 Å². The molecule has 0 heterocycles. The van der Waals surface area contributed by atoms with Gasteiger partial charge in [0.05, 0.1) is 13.2 Å². The molecule has 0 aliphatic heterocycles. The lowest BCUT2D eigenvalue weighted by molar-refractivity contribution is -0.0352. The molecule has 3 heteroatoms. The molecule has 3 nitrogen and oxygen atoms in total. The van der Waals surface area contributed by atoms with E-state index in [4.69, 9.17) is 15.5 Å². The van der Waals surface area contributed by atoms with Gasteiger partial charge in [0.2, 0.25) is 0 Å². The zero-order chi connectivity index (χ0) is 8.69. The van der Waals surface area contributed by atoms with Gasteiger partial charge in [0.25, 0.3) is 0 Å². The highest BCUT2D eigenvalue weighted by Crippen LogP contribution is 2.04. The van der Waals surface area contributed by atoms with E-state index in [1.54, 1.807) is 6.08 Å². The molecule has 1 atom stereocenters. The van der Waals surface area contributed by atoms with Crippen LogP contribution in [0.4, 0.5) is 0 Å². The summed E-state index contributed by atoms with van der Waals surface area (Å²) in [6, 6.07) is 0. The first-order valence-electron chi connectivity index (χ1n) is 3.76. The predicted molar refractivity (Wildman–Crippen MR) is 44.9 cm³/mol. The second-order valence-corrected chi connectivity index (χ2v) is 2.74. The van der Waals surface area contributed by atoms with Gasteiger partial charge in [0.1, 0.15) is 6.10 Å². The molecule has 0 rings (SSSR count). The van der Waals surface area contributed by atoms with Crippen molar-refractivity contribution in [1.29, 1.82) is 0 Å². The van der Waals surface area contributed by atoms with Crippen molar-refractivity contribution in [2.45, 2.75) is 20.0 Å². The van der Waals surface area contributed by atoms with E-state index < -0.39 is 0 Å². The van der Waals surface area contributed by atoms with Crippen LogP contribution in [-0.2, 0) is 9.57 Å². The van der Waals surface area contributed by atoms with Gasteiger partial charge < -0.3 is 4.74 Å². The van der Waals surface area contributed by atoms with Crippen molar-refractivity contribution in [2.75, 3.05) is 13.2 Å². The Morgan fingerprint density at radius 1 is 1.55 bits per heavy atom. The Balaban J connectivity index is 3.43. The molecule has 0 saturated carbocycles. The van der Waals surface area contributed by atoms with Crippen molar-refractivity contribution in [3.05, 3.63) is 12.7 Å². The molecule has 0 radical (unpaired) electrons. The third kappa shape index (κ3) is 4.95. The van der Waals surface area contributed by atoms with Crippen LogP contribution >= 0.6 is 0 Å². The van der Waals surface area contributed by atoms with Crippen LogP contribution in [0.5, 0.6) is 0 Å². The summed E-state index contributed by atoms with van der Waals surface area (Å²) in [4.78, 5) is 4.70. The Morgan fingerprint density at radius 2 is 2.18 bits per heavy atom. The summed E-state index contributed by atoms with van der Waals surface area (Å²) < 4.78 is 5.17. The number of hydrogen-bond acceptors (Lipinski definition) is 3. The number of hydrogen-bond donors (Lipinski definition) is 1. The SMILES string of the molecule is C=CCOCC(ON)C(C)C. The summed E-state index contributed by atoms with van der Waals surface area (Å²) in [5.41, 5.74) is 0. The van der Waals surface area contributed by atoms with E-state index >= 15 is 0 Å². The fourth-order valence-corrected chi connectivity index (χ4v) is 0.656. The summed E-state index contributed by atoms with van der Waals surface area (Å²) in [7, 11) is 0. The Kier molecular flexibility index (Phi) is 6.12. The molecule has 0 aliphatic rings. The van der Waals surface area contributed by atoms with Crippen molar-refractivity contribution < 1.29 is 9.57 Å². The van der Waals surface area contributed by atoms with Crippen LogP contribution in [0.15, 0.2) is 12.7 Å². The van der Waals surface area contributed by atoms with Gasteiger partial charge in [-0.25, -0.2) is 5.90 Å². The molecule has 0 aliphatic carbocycles. The zero-order valence-corrected chi connectivity index (χ0v) is 7.25. The lowest BCUT2D eigenvalue weighted by Crippen LogP contribution is -2.28. The molecule has 0 bridgehead atoms. The summed E-state index contributed by atoms with van der Waals surface area (Å²) in [6.45, 7) is 8.68. The zero-order valence-electron chi connectivity index (χ0n) is 7.25. The maximum absolute atomic E-state index is 5.17. The minimum atomic E-state index is -0.0186. The van der Waals surface area contributed by atoms with Crippen molar-refractivity contribution in [1.82, 2.24) is 0 Å². The maximum Gasteiger partial charge on any atom is 0.104 e. The van der Waals surface area contributed by atoms with E-state index in [0.717, 1.165) is 0 Å². The molecule has 0 aromatic heterocycles. The van der Waals surface area contributed by atoms with E-state index in [1.807, 2.05) is 13.8 Å². The van der Waals surface area contributed by atoms with Gasteiger partial charge in [-0.05, 0) is 5.92 Å². The smallest absolute Gasteiger partial charge is 0.104 e. The molecular weight excluding hydrogens is 142 g/mol. The van der Waals surface area contributed by atoms with Crippen LogP contribution in [0.25, 0.3) is 0 Å². The highest BCUT2D eigenvalue weighted by molar-refractivity contribution is 4.66. The largest absolute Gasteiger partial charge is 0.375 e. The summed E-state index contributed by atoms with van der Waals surface area (Å²) in [5.74, 6) is 5.43. The molecular formula is C8H17NO2. The first-order chi connectivity index (χ1) is 5.22. The van der Waals surface area contributed by atoms with Crippen molar-refractivity contribution in [3.63, 3.8) is 0 Å². The molecule has 0 amide bonds. The molecule has 0 aromatic carbocycles. The standard InChI is InChI=1S/C8H17NO2/c1-4-5-10-6-8(11-9)7(2)3/h4,7-8H,1,5-6,9H2,2-3H3. The molecule has 0 saturated heterocycles. The molecule has 2 N–H and O–H groups in total. The number of rotatable bonds is 6. The minimum absolute atomic E-state index is 0.0186. The Labute approximate surface area is 68.1 Å². The van der Waals surface area contributed by atoms with Gasteiger partial charge in [0.15, 0.2) is 0 Å². The quantitative estimate of drug-likeness (QED) is 0.358. The van der Waals surface area contributed by atoms with Gasteiger partial charge in [-0.15, -0.1) is 6.58 Å². The van der Waals surface area contributed by atoms with Crippen LogP contribution in [0.3, 0.4) is 0 Å². The third-order valence-electron chi connectivity index (χ3n) is 1.44. The Bertz CT molecular complexity index is 104. The summed E-state index contributed by atoms with van der Waals surface area (Å²) in [5, 5.41) is 0. The molecule has 1 unspecified atom stereocenters. The fraction of sp³-hybridized carbons (Fsp3) is 0.750. The number of ether oxygens (including phenoxy) is 1. The van der Waals surface area contributed by atoms with E-state index in [0.29, 0.717) is 19.1 Å². The maximum atomic E-state index is 5.17. The van der Waals surface area contributed by atoms with Crippen molar-refractivity contribution in [2.24, 2.45) is 11.8 Å². The average molecular weight is 159 g/mol. The molecule has 0 aromatic rings. The molecule has 0 fully saturated rings. The van der Waals surface area contributed by atoms with Gasteiger partial charge in [-0.1, -0.05) is 19.9 Å². The van der Waals surface area contributed by atoms with E-state index in [9.17, 15) is 0 Å². The lowest BCUT2D eigenvalue weighted by atomic mass is 10.1. The van der Waals surface area contributed by atoms with Gasteiger partial charge in [0, 0.05) is 0 Å². The van der Waals surface area contributed by atoms with Gasteiger partial charge in [-0.2, -0.15) is 0 Å².